The second-order valence-corrected chi connectivity index (χ2v) is 6.64. The Morgan fingerprint density at radius 2 is 2.08 bits per heavy atom. The van der Waals surface area contributed by atoms with Crippen LogP contribution in [0.15, 0.2) is 27.8 Å². The molecule has 0 saturated carbocycles. The van der Waals surface area contributed by atoms with Crippen molar-refractivity contribution in [2.75, 3.05) is 52.5 Å². The molecule has 2 saturated heterocycles. The van der Waals surface area contributed by atoms with Crippen molar-refractivity contribution in [2.24, 2.45) is 10.9 Å². The lowest BCUT2D eigenvalue weighted by Gasteiger charge is -2.36. The van der Waals surface area contributed by atoms with Gasteiger partial charge in [-0.1, -0.05) is 0 Å². The Morgan fingerprint density at radius 3 is 2.69 bits per heavy atom. The summed E-state index contributed by atoms with van der Waals surface area (Å²) in [5.41, 5.74) is 0. The summed E-state index contributed by atoms with van der Waals surface area (Å²) >= 11 is 0. The number of guanidine groups is 1. The van der Waals surface area contributed by atoms with Gasteiger partial charge in [0.2, 0.25) is 5.91 Å². The molecule has 1 N–H and O–H groups in total. The van der Waals surface area contributed by atoms with E-state index in [1.165, 1.54) is 0 Å². The molecule has 1 amide bonds. The van der Waals surface area contributed by atoms with Crippen LogP contribution in [-0.2, 0) is 16.0 Å². The normalized spacial score (nSPS) is 20.8. The van der Waals surface area contributed by atoms with Crippen LogP contribution < -0.4 is 5.32 Å². The van der Waals surface area contributed by atoms with Gasteiger partial charge in [-0.15, -0.1) is 24.0 Å². The van der Waals surface area contributed by atoms with Crippen LogP contribution in [0.2, 0.25) is 0 Å². The molecule has 1 unspecified atom stereocenters. The lowest BCUT2D eigenvalue weighted by Crippen LogP contribution is -2.53. The van der Waals surface area contributed by atoms with Gasteiger partial charge in [-0.2, -0.15) is 0 Å². The summed E-state index contributed by atoms with van der Waals surface area (Å²) in [5.74, 6) is 2.56. The Labute approximate surface area is 172 Å². The Hall–Kier alpha value is -1.29. The minimum absolute atomic E-state index is 0. The molecule has 0 radical (unpaired) electrons. The van der Waals surface area contributed by atoms with Gasteiger partial charge >= 0.3 is 0 Å². The minimum atomic E-state index is 0. The van der Waals surface area contributed by atoms with E-state index in [1.54, 1.807) is 13.2 Å². The highest BCUT2D eigenvalue weighted by Crippen LogP contribution is 2.13. The molecule has 2 fully saturated rings. The first kappa shape index (κ1) is 21.0. The molecule has 1 atom stereocenters. The molecule has 3 heterocycles. The Balaban J connectivity index is 0.00000243. The van der Waals surface area contributed by atoms with Crippen molar-refractivity contribution in [1.82, 2.24) is 15.1 Å². The van der Waals surface area contributed by atoms with Crippen LogP contribution in [0.1, 0.15) is 19.1 Å². The van der Waals surface area contributed by atoms with Crippen molar-refractivity contribution in [3.05, 3.63) is 24.2 Å². The Bertz CT molecular complexity index is 565. The fourth-order valence-electron chi connectivity index (χ4n) is 3.20. The summed E-state index contributed by atoms with van der Waals surface area (Å²) in [6.45, 7) is 7.98. The van der Waals surface area contributed by atoms with Crippen molar-refractivity contribution < 1.29 is 13.9 Å². The zero-order valence-electron chi connectivity index (χ0n) is 15.4. The second-order valence-electron chi connectivity index (χ2n) is 6.64. The number of nitrogens with one attached hydrogen (secondary N) is 1. The van der Waals surface area contributed by atoms with E-state index in [9.17, 15) is 4.79 Å². The molecule has 8 heteroatoms. The number of amides is 1. The number of furan rings is 1. The van der Waals surface area contributed by atoms with Crippen molar-refractivity contribution in [1.29, 1.82) is 0 Å². The maximum Gasteiger partial charge on any atom is 0.219 e. The molecule has 7 nitrogen and oxygen atoms in total. The highest BCUT2D eigenvalue weighted by Gasteiger charge is 2.22. The van der Waals surface area contributed by atoms with Gasteiger partial charge < -0.3 is 24.3 Å². The fourth-order valence-corrected chi connectivity index (χ4v) is 3.20. The zero-order chi connectivity index (χ0) is 17.5. The van der Waals surface area contributed by atoms with E-state index in [4.69, 9.17) is 14.1 Å². The molecule has 1 aromatic rings. The van der Waals surface area contributed by atoms with E-state index in [0.717, 1.165) is 77.0 Å². The van der Waals surface area contributed by atoms with Gasteiger partial charge in [0.1, 0.15) is 5.76 Å². The van der Waals surface area contributed by atoms with Crippen molar-refractivity contribution in [3.63, 3.8) is 0 Å². The number of piperazine rings is 1. The SMILES string of the molecule is CC(=O)N1CCN(C(=NCC2CCOC2)NCCc2ccco2)CC1.I. The monoisotopic (exact) mass is 476 g/mol. The van der Waals surface area contributed by atoms with Crippen molar-refractivity contribution >= 4 is 35.8 Å². The summed E-state index contributed by atoms with van der Waals surface area (Å²) in [6.07, 6.45) is 3.61. The van der Waals surface area contributed by atoms with E-state index in [1.807, 2.05) is 17.0 Å². The molecule has 3 rings (SSSR count). The van der Waals surface area contributed by atoms with Crippen LogP contribution in [0.3, 0.4) is 0 Å². The number of hydrogen-bond acceptors (Lipinski definition) is 4. The molecule has 0 spiro atoms. The summed E-state index contributed by atoms with van der Waals surface area (Å²) in [5, 5.41) is 3.47. The topological polar surface area (TPSA) is 70.3 Å². The minimum Gasteiger partial charge on any atom is -0.469 e. The van der Waals surface area contributed by atoms with Gasteiger partial charge in [-0.3, -0.25) is 9.79 Å². The number of hydrogen-bond donors (Lipinski definition) is 1. The van der Waals surface area contributed by atoms with E-state index in [0.29, 0.717) is 5.92 Å². The maximum atomic E-state index is 11.5. The Morgan fingerprint density at radius 1 is 1.31 bits per heavy atom. The summed E-state index contributed by atoms with van der Waals surface area (Å²) in [6, 6.07) is 3.89. The Kier molecular flexibility index (Phi) is 8.70. The third-order valence-electron chi connectivity index (χ3n) is 4.78. The predicted molar refractivity (Wildman–Crippen MR) is 111 cm³/mol. The third kappa shape index (κ3) is 6.15. The number of halogens is 1. The molecule has 2 aliphatic rings. The first-order valence-corrected chi connectivity index (χ1v) is 9.11. The molecule has 0 bridgehead atoms. The van der Waals surface area contributed by atoms with Gasteiger partial charge in [-0.05, 0) is 18.6 Å². The van der Waals surface area contributed by atoms with E-state index >= 15 is 0 Å². The van der Waals surface area contributed by atoms with Crippen molar-refractivity contribution in [2.45, 2.75) is 19.8 Å². The van der Waals surface area contributed by atoms with Crippen LogP contribution in [0.4, 0.5) is 0 Å². The predicted octanol–water partition coefficient (Wildman–Crippen LogP) is 1.59. The fraction of sp³-hybridized carbons (Fsp3) is 0.667. The largest absolute Gasteiger partial charge is 0.469 e. The molecule has 1 aromatic heterocycles. The highest BCUT2D eigenvalue weighted by molar-refractivity contribution is 14.0. The molecule has 0 aromatic carbocycles. The number of aliphatic imine (C=N–C) groups is 1. The lowest BCUT2D eigenvalue weighted by molar-refractivity contribution is -0.130. The highest BCUT2D eigenvalue weighted by atomic mass is 127. The second kappa shape index (κ2) is 10.8. The van der Waals surface area contributed by atoms with E-state index in [2.05, 4.69) is 10.2 Å². The van der Waals surface area contributed by atoms with Crippen LogP contribution in [0.25, 0.3) is 0 Å². The molecular weight excluding hydrogens is 447 g/mol. The summed E-state index contributed by atoms with van der Waals surface area (Å²) in [4.78, 5) is 20.5. The van der Waals surface area contributed by atoms with Gasteiger partial charge in [0.25, 0.3) is 0 Å². The smallest absolute Gasteiger partial charge is 0.219 e. The molecule has 0 aliphatic carbocycles. The van der Waals surface area contributed by atoms with Gasteiger partial charge in [-0.25, -0.2) is 0 Å². The average molecular weight is 476 g/mol. The summed E-state index contributed by atoms with van der Waals surface area (Å²) < 4.78 is 10.8. The van der Waals surface area contributed by atoms with Crippen LogP contribution in [0, 0.1) is 5.92 Å². The van der Waals surface area contributed by atoms with Gasteiger partial charge in [0, 0.05) is 65.1 Å². The first-order chi connectivity index (χ1) is 12.2. The standard InChI is InChI=1S/C18H28N4O3.HI/c1-15(23)21-7-9-22(10-8-21)18(20-13-16-5-12-24-14-16)19-6-4-17-3-2-11-25-17;/h2-3,11,16H,4-10,12-14H2,1H3,(H,19,20);1H. The molecular formula is C18H29IN4O3. The van der Waals surface area contributed by atoms with Gasteiger partial charge in [0.15, 0.2) is 5.96 Å². The third-order valence-corrected chi connectivity index (χ3v) is 4.78. The number of nitrogens with zero attached hydrogens (tertiary/aromatic N) is 3. The maximum absolute atomic E-state index is 11.5. The number of carbonyl (C=O) groups excluding carboxylic acids is 1. The van der Waals surface area contributed by atoms with Gasteiger partial charge in [0.05, 0.1) is 12.9 Å². The summed E-state index contributed by atoms with van der Waals surface area (Å²) in [7, 11) is 0. The average Bonchev–Trinajstić information content (AvgIpc) is 3.32. The molecule has 2 aliphatic heterocycles. The number of carbonyl (C=O) groups is 1. The van der Waals surface area contributed by atoms with Crippen LogP contribution >= 0.6 is 24.0 Å². The number of rotatable bonds is 5. The van der Waals surface area contributed by atoms with Crippen LogP contribution in [0.5, 0.6) is 0 Å². The van der Waals surface area contributed by atoms with Crippen LogP contribution in [-0.4, -0.2) is 74.1 Å². The van der Waals surface area contributed by atoms with Crippen molar-refractivity contribution in [3.8, 4) is 0 Å². The first-order valence-electron chi connectivity index (χ1n) is 9.11. The zero-order valence-corrected chi connectivity index (χ0v) is 17.7. The van der Waals surface area contributed by atoms with E-state index in [-0.39, 0.29) is 29.9 Å². The number of ether oxygens (including phenoxy) is 1. The quantitative estimate of drug-likeness (QED) is 0.397. The van der Waals surface area contributed by atoms with E-state index < -0.39 is 0 Å². The molecule has 146 valence electrons. The molecule has 26 heavy (non-hydrogen) atoms. The lowest BCUT2D eigenvalue weighted by atomic mass is 10.1.